The van der Waals surface area contributed by atoms with Crippen LogP contribution in [0, 0.1) is 0 Å². The van der Waals surface area contributed by atoms with Gasteiger partial charge in [-0.05, 0) is 13.3 Å². The molecule has 0 unspecified atom stereocenters. The summed E-state index contributed by atoms with van der Waals surface area (Å²) >= 11 is 0. The summed E-state index contributed by atoms with van der Waals surface area (Å²) < 4.78 is 12.8. The van der Waals surface area contributed by atoms with Gasteiger partial charge in [-0.3, -0.25) is 4.68 Å². The summed E-state index contributed by atoms with van der Waals surface area (Å²) in [5.41, 5.74) is 0. The van der Waals surface area contributed by atoms with Gasteiger partial charge in [0, 0.05) is 13.1 Å². The standard InChI is InChI=1S/C13H19N5O2/c1-4-6-14-12-11(19-3)13(16-9-15-12)20-10-7-17-18(5-2)8-10/h7-9H,4-6H2,1-3H3,(H,14,15,16). The molecule has 0 saturated carbocycles. The van der Waals surface area contributed by atoms with Crippen LogP contribution < -0.4 is 14.8 Å². The van der Waals surface area contributed by atoms with Crippen molar-refractivity contribution in [3.8, 4) is 17.4 Å². The number of aromatic nitrogens is 4. The molecule has 0 saturated heterocycles. The molecule has 7 heteroatoms. The minimum atomic E-state index is 0.372. The maximum absolute atomic E-state index is 5.70. The van der Waals surface area contributed by atoms with Crippen LogP contribution in [-0.4, -0.2) is 33.4 Å². The largest absolute Gasteiger partial charge is 0.489 e. The lowest BCUT2D eigenvalue weighted by molar-refractivity contribution is 0.368. The second kappa shape index (κ2) is 6.74. The fourth-order valence-corrected chi connectivity index (χ4v) is 1.67. The maximum Gasteiger partial charge on any atom is 0.268 e. The average Bonchev–Trinajstić information content (AvgIpc) is 2.93. The molecule has 2 rings (SSSR count). The SMILES string of the molecule is CCCNc1ncnc(Oc2cnn(CC)c2)c1OC. The summed E-state index contributed by atoms with van der Waals surface area (Å²) in [7, 11) is 1.57. The third kappa shape index (κ3) is 3.17. The Morgan fingerprint density at radius 3 is 2.80 bits per heavy atom. The number of anilines is 1. The lowest BCUT2D eigenvalue weighted by Crippen LogP contribution is -2.05. The molecule has 2 aromatic rings. The normalized spacial score (nSPS) is 10.3. The van der Waals surface area contributed by atoms with Gasteiger partial charge in [0.15, 0.2) is 11.6 Å². The van der Waals surface area contributed by atoms with Gasteiger partial charge in [-0.2, -0.15) is 10.1 Å². The first-order valence-electron chi connectivity index (χ1n) is 6.61. The Morgan fingerprint density at radius 2 is 2.15 bits per heavy atom. The first-order chi connectivity index (χ1) is 9.78. The molecule has 0 spiro atoms. The molecule has 2 heterocycles. The lowest BCUT2D eigenvalue weighted by Gasteiger charge is -2.12. The molecule has 108 valence electrons. The fourth-order valence-electron chi connectivity index (χ4n) is 1.67. The number of nitrogens with zero attached hydrogens (tertiary/aromatic N) is 4. The number of ether oxygens (including phenoxy) is 2. The summed E-state index contributed by atoms with van der Waals surface area (Å²) in [6, 6.07) is 0. The van der Waals surface area contributed by atoms with E-state index in [-0.39, 0.29) is 0 Å². The Hall–Kier alpha value is -2.31. The van der Waals surface area contributed by atoms with Gasteiger partial charge < -0.3 is 14.8 Å². The number of methoxy groups -OCH3 is 1. The summed E-state index contributed by atoms with van der Waals surface area (Å²) in [6.45, 7) is 5.68. The van der Waals surface area contributed by atoms with E-state index in [1.54, 1.807) is 24.2 Å². The van der Waals surface area contributed by atoms with Gasteiger partial charge in [0.05, 0.1) is 19.5 Å². The molecule has 1 N–H and O–H groups in total. The average molecular weight is 277 g/mol. The van der Waals surface area contributed by atoms with Crippen LogP contribution in [0.1, 0.15) is 20.3 Å². The van der Waals surface area contributed by atoms with Crippen molar-refractivity contribution in [2.45, 2.75) is 26.8 Å². The van der Waals surface area contributed by atoms with Gasteiger partial charge in [0.25, 0.3) is 5.88 Å². The van der Waals surface area contributed by atoms with Crippen LogP contribution in [0.3, 0.4) is 0 Å². The second-order valence-electron chi connectivity index (χ2n) is 4.12. The molecule has 0 bridgehead atoms. The molecule has 0 aliphatic rings. The van der Waals surface area contributed by atoms with Gasteiger partial charge >= 0.3 is 0 Å². The third-order valence-electron chi connectivity index (χ3n) is 2.67. The summed E-state index contributed by atoms with van der Waals surface area (Å²) in [4.78, 5) is 8.28. The van der Waals surface area contributed by atoms with Gasteiger partial charge in [-0.15, -0.1) is 0 Å². The van der Waals surface area contributed by atoms with E-state index in [2.05, 4.69) is 27.3 Å². The quantitative estimate of drug-likeness (QED) is 0.837. The summed E-state index contributed by atoms with van der Waals surface area (Å²) in [5.74, 6) is 2.11. The summed E-state index contributed by atoms with van der Waals surface area (Å²) in [6.07, 6.45) is 5.89. The highest BCUT2D eigenvalue weighted by Crippen LogP contribution is 2.33. The highest BCUT2D eigenvalue weighted by Gasteiger charge is 2.14. The van der Waals surface area contributed by atoms with Crippen LogP contribution in [-0.2, 0) is 6.54 Å². The topological polar surface area (TPSA) is 74.1 Å². The van der Waals surface area contributed by atoms with E-state index >= 15 is 0 Å². The van der Waals surface area contributed by atoms with Gasteiger partial charge in [-0.1, -0.05) is 6.92 Å². The smallest absolute Gasteiger partial charge is 0.268 e. The van der Waals surface area contributed by atoms with E-state index in [1.807, 2.05) is 6.92 Å². The first kappa shape index (κ1) is 14.1. The van der Waals surface area contributed by atoms with E-state index < -0.39 is 0 Å². The van der Waals surface area contributed by atoms with Crippen LogP contribution in [0.15, 0.2) is 18.7 Å². The molecular formula is C13H19N5O2. The first-order valence-corrected chi connectivity index (χ1v) is 6.61. The molecule has 0 atom stereocenters. The van der Waals surface area contributed by atoms with Crippen molar-refractivity contribution in [3.05, 3.63) is 18.7 Å². The van der Waals surface area contributed by atoms with Gasteiger partial charge in [0.1, 0.15) is 6.33 Å². The van der Waals surface area contributed by atoms with E-state index in [4.69, 9.17) is 9.47 Å². The van der Waals surface area contributed by atoms with Crippen LogP contribution in [0.5, 0.6) is 17.4 Å². The molecule has 0 fully saturated rings. The number of rotatable bonds is 7. The maximum atomic E-state index is 5.70. The third-order valence-corrected chi connectivity index (χ3v) is 2.67. The van der Waals surface area contributed by atoms with Gasteiger partial charge in [-0.25, -0.2) is 4.98 Å². The molecule has 2 aromatic heterocycles. The van der Waals surface area contributed by atoms with E-state index in [9.17, 15) is 0 Å². The van der Waals surface area contributed by atoms with E-state index in [1.165, 1.54) is 6.33 Å². The van der Waals surface area contributed by atoms with E-state index in [0.717, 1.165) is 19.5 Å². The number of aryl methyl sites for hydroxylation is 1. The number of hydrogen-bond donors (Lipinski definition) is 1. The Balaban J connectivity index is 2.21. The van der Waals surface area contributed by atoms with Crippen molar-refractivity contribution in [1.82, 2.24) is 19.7 Å². The minimum Gasteiger partial charge on any atom is -0.489 e. The van der Waals surface area contributed by atoms with Crippen molar-refractivity contribution in [2.75, 3.05) is 19.0 Å². The lowest BCUT2D eigenvalue weighted by atomic mass is 10.4. The monoisotopic (exact) mass is 277 g/mol. The zero-order valence-corrected chi connectivity index (χ0v) is 12.0. The van der Waals surface area contributed by atoms with Crippen molar-refractivity contribution in [2.24, 2.45) is 0 Å². The summed E-state index contributed by atoms with van der Waals surface area (Å²) in [5, 5.41) is 7.33. The Morgan fingerprint density at radius 1 is 1.30 bits per heavy atom. The molecule has 0 aliphatic heterocycles. The molecule has 20 heavy (non-hydrogen) atoms. The van der Waals surface area contributed by atoms with Crippen molar-refractivity contribution in [3.63, 3.8) is 0 Å². The Kier molecular flexibility index (Phi) is 4.75. The van der Waals surface area contributed by atoms with E-state index in [0.29, 0.717) is 23.2 Å². The van der Waals surface area contributed by atoms with Crippen LogP contribution >= 0.6 is 0 Å². The van der Waals surface area contributed by atoms with Crippen LogP contribution in [0.2, 0.25) is 0 Å². The van der Waals surface area contributed by atoms with Crippen LogP contribution in [0.25, 0.3) is 0 Å². The predicted octanol–water partition coefficient (Wildman–Crippen LogP) is 2.32. The van der Waals surface area contributed by atoms with Crippen molar-refractivity contribution >= 4 is 5.82 Å². The predicted molar refractivity (Wildman–Crippen MR) is 75.3 cm³/mol. The Labute approximate surface area is 118 Å². The second-order valence-corrected chi connectivity index (χ2v) is 4.12. The molecule has 0 amide bonds. The highest BCUT2D eigenvalue weighted by atomic mass is 16.5. The zero-order valence-electron chi connectivity index (χ0n) is 12.0. The number of hydrogen-bond acceptors (Lipinski definition) is 6. The fraction of sp³-hybridized carbons (Fsp3) is 0.462. The molecule has 0 aromatic carbocycles. The van der Waals surface area contributed by atoms with Crippen LogP contribution in [0.4, 0.5) is 5.82 Å². The minimum absolute atomic E-state index is 0.372. The van der Waals surface area contributed by atoms with Crippen molar-refractivity contribution in [1.29, 1.82) is 0 Å². The van der Waals surface area contributed by atoms with Gasteiger partial charge in [0.2, 0.25) is 5.75 Å². The van der Waals surface area contributed by atoms with Crippen molar-refractivity contribution < 1.29 is 9.47 Å². The molecule has 0 aliphatic carbocycles. The highest BCUT2D eigenvalue weighted by molar-refractivity contribution is 5.55. The zero-order chi connectivity index (χ0) is 14.4. The Bertz CT molecular complexity index is 555. The molecule has 7 nitrogen and oxygen atoms in total. The molecule has 0 radical (unpaired) electrons. The number of nitrogens with one attached hydrogen (secondary N) is 1. The molecular weight excluding hydrogens is 258 g/mol.